The smallest absolute Gasteiger partial charge is 0.238 e. The van der Waals surface area contributed by atoms with Gasteiger partial charge in [-0.05, 0) is 18.2 Å². The number of anilines is 2. The maximum absolute atomic E-state index is 11.2. The van der Waals surface area contributed by atoms with Crippen molar-refractivity contribution in [3.63, 3.8) is 0 Å². The van der Waals surface area contributed by atoms with Gasteiger partial charge < -0.3 is 20.9 Å². The highest BCUT2D eigenvalue weighted by molar-refractivity contribution is 7.89. The van der Waals surface area contributed by atoms with Crippen LogP contribution in [-0.2, 0) is 14.8 Å². The van der Waals surface area contributed by atoms with Crippen molar-refractivity contribution in [2.45, 2.75) is 4.90 Å². The van der Waals surface area contributed by atoms with Crippen LogP contribution in [0.25, 0.3) is 0 Å². The number of ether oxygens (including phenoxy) is 1. The number of aliphatic hydroxyl groups is 1. The minimum Gasteiger partial charge on any atom is -0.397 e. The Morgan fingerprint density at radius 2 is 2.06 bits per heavy atom. The van der Waals surface area contributed by atoms with E-state index in [2.05, 4.69) is 5.32 Å². The quantitative estimate of drug-likeness (QED) is 0.386. The van der Waals surface area contributed by atoms with Crippen molar-refractivity contribution < 1.29 is 18.3 Å². The molecule has 0 radical (unpaired) electrons. The molecule has 18 heavy (non-hydrogen) atoms. The number of hydrogen-bond donors (Lipinski definition) is 4. The van der Waals surface area contributed by atoms with Crippen molar-refractivity contribution in [2.75, 3.05) is 37.4 Å². The summed E-state index contributed by atoms with van der Waals surface area (Å²) in [4.78, 5) is -0.00419. The first kappa shape index (κ1) is 14.7. The van der Waals surface area contributed by atoms with Crippen LogP contribution < -0.4 is 16.2 Å². The molecule has 102 valence electrons. The molecule has 0 spiro atoms. The van der Waals surface area contributed by atoms with Crippen LogP contribution >= 0.6 is 0 Å². The van der Waals surface area contributed by atoms with Gasteiger partial charge >= 0.3 is 0 Å². The van der Waals surface area contributed by atoms with E-state index in [1.54, 1.807) is 0 Å². The fourth-order valence-corrected chi connectivity index (χ4v) is 1.83. The van der Waals surface area contributed by atoms with Gasteiger partial charge in [0.15, 0.2) is 0 Å². The number of nitrogen functional groups attached to an aromatic ring is 1. The Labute approximate surface area is 106 Å². The van der Waals surface area contributed by atoms with Gasteiger partial charge in [0.05, 0.1) is 36.1 Å². The Kier molecular flexibility index (Phi) is 5.35. The topological polar surface area (TPSA) is 128 Å². The lowest BCUT2D eigenvalue weighted by molar-refractivity contribution is 0.0992. The zero-order valence-electron chi connectivity index (χ0n) is 9.80. The zero-order valence-corrected chi connectivity index (χ0v) is 10.6. The van der Waals surface area contributed by atoms with E-state index in [0.717, 1.165) is 0 Å². The van der Waals surface area contributed by atoms with Gasteiger partial charge in [-0.2, -0.15) is 0 Å². The molecule has 0 fully saturated rings. The molecule has 0 amide bonds. The highest BCUT2D eigenvalue weighted by Crippen LogP contribution is 2.21. The van der Waals surface area contributed by atoms with Crippen molar-refractivity contribution >= 4 is 21.4 Å². The van der Waals surface area contributed by atoms with E-state index in [-0.39, 0.29) is 18.1 Å². The summed E-state index contributed by atoms with van der Waals surface area (Å²) >= 11 is 0. The van der Waals surface area contributed by atoms with E-state index in [9.17, 15) is 8.42 Å². The minimum atomic E-state index is -3.74. The second kappa shape index (κ2) is 6.55. The second-order valence-electron chi connectivity index (χ2n) is 3.56. The van der Waals surface area contributed by atoms with Gasteiger partial charge in [0.1, 0.15) is 0 Å². The van der Waals surface area contributed by atoms with Crippen LogP contribution in [0.5, 0.6) is 0 Å². The van der Waals surface area contributed by atoms with Crippen molar-refractivity contribution in [2.24, 2.45) is 5.14 Å². The molecule has 0 saturated heterocycles. The second-order valence-corrected chi connectivity index (χ2v) is 5.12. The van der Waals surface area contributed by atoms with Gasteiger partial charge in [0, 0.05) is 6.54 Å². The van der Waals surface area contributed by atoms with Crippen molar-refractivity contribution in [1.82, 2.24) is 0 Å². The summed E-state index contributed by atoms with van der Waals surface area (Å²) in [6, 6.07) is 4.19. The van der Waals surface area contributed by atoms with Crippen LogP contribution in [0.2, 0.25) is 0 Å². The number of primary sulfonamides is 1. The number of aliphatic hydroxyl groups excluding tert-OH is 1. The fourth-order valence-electron chi connectivity index (χ4n) is 1.29. The summed E-state index contributed by atoms with van der Waals surface area (Å²) in [5.74, 6) is 0. The van der Waals surface area contributed by atoms with E-state index in [1.807, 2.05) is 0 Å². The molecule has 0 heterocycles. The molecule has 8 heteroatoms. The van der Waals surface area contributed by atoms with E-state index in [4.69, 9.17) is 20.7 Å². The maximum Gasteiger partial charge on any atom is 0.238 e. The lowest BCUT2D eigenvalue weighted by Gasteiger charge is -2.10. The third-order valence-electron chi connectivity index (χ3n) is 2.15. The molecule has 1 rings (SSSR count). The number of sulfonamides is 1. The van der Waals surface area contributed by atoms with E-state index >= 15 is 0 Å². The molecule has 7 nitrogen and oxygen atoms in total. The Morgan fingerprint density at radius 3 is 2.67 bits per heavy atom. The summed E-state index contributed by atoms with van der Waals surface area (Å²) in [7, 11) is -3.74. The van der Waals surface area contributed by atoms with Gasteiger partial charge in [-0.25, -0.2) is 13.6 Å². The molecular weight excluding hydrogens is 258 g/mol. The van der Waals surface area contributed by atoms with Crippen LogP contribution in [0.4, 0.5) is 11.4 Å². The van der Waals surface area contributed by atoms with E-state index in [1.165, 1.54) is 18.2 Å². The Bertz CT molecular complexity index is 490. The number of hydrogen-bond acceptors (Lipinski definition) is 6. The largest absolute Gasteiger partial charge is 0.397 e. The van der Waals surface area contributed by atoms with Crippen molar-refractivity contribution in [1.29, 1.82) is 0 Å². The van der Waals surface area contributed by atoms with Crippen LogP contribution in [-0.4, -0.2) is 39.9 Å². The van der Waals surface area contributed by atoms with Gasteiger partial charge in [0.2, 0.25) is 10.0 Å². The van der Waals surface area contributed by atoms with E-state index < -0.39 is 10.0 Å². The Balaban J connectivity index is 2.65. The molecular formula is C10H17N3O4S. The lowest BCUT2D eigenvalue weighted by atomic mass is 10.2. The lowest BCUT2D eigenvalue weighted by Crippen LogP contribution is -2.15. The van der Waals surface area contributed by atoms with Gasteiger partial charge in [-0.3, -0.25) is 0 Å². The minimum absolute atomic E-state index is 0.00419. The zero-order chi connectivity index (χ0) is 13.6. The standard InChI is InChI=1S/C10H17N3O4S/c11-9-2-1-8(18(12,15)16)7-10(9)13-3-5-17-6-4-14/h1-2,7,13-14H,3-6,11H2,(H2,12,15,16). The normalized spacial score (nSPS) is 11.4. The molecule has 0 aromatic heterocycles. The molecule has 0 aliphatic heterocycles. The van der Waals surface area contributed by atoms with Crippen LogP contribution in [0.15, 0.2) is 23.1 Å². The molecule has 0 bridgehead atoms. The summed E-state index contributed by atoms with van der Waals surface area (Å²) < 4.78 is 27.4. The van der Waals surface area contributed by atoms with Gasteiger partial charge in [-0.15, -0.1) is 0 Å². The number of rotatable bonds is 7. The number of benzene rings is 1. The third-order valence-corrected chi connectivity index (χ3v) is 3.06. The average Bonchev–Trinajstić information content (AvgIpc) is 2.29. The van der Waals surface area contributed by atoms with Crippen molar-refractivity contribution in [3.8, 4) is 0 Å². The number of nitrogens with one attached hydrogen (secondary N) is 1. The summed E-state index contributed by atoms with van der Waals surface area (Å²) in [5, 5.41) is 16.5. The summed E-state index contributed by atoms with van der Waals surface area (Å²) in [6.07, 6.45) is 0. The first-order valence-corrected chi connectivity index (χ1v) is 6.84. The monoisotopic (exact) mass is 275 g/mol. The van der Waals surface area contributed by atoms with Gasteiger partial charge in [0.25, 0.3) is 0 Å². The molecule has 0 saturated carbocycles. The molecule has 1 aromatic rings. The van der Waals surface area contributed by atoms with Crippen LogP contribution in [0.3, 0.4) is 0 Å². The summed E-state index contributed by atoms with van der Waals surface area (Å²) in [5.41, 5.74) is 6.60. The molecule has 0 aliphatic carbocycles. The van der Waals surface area contributed by atoms with Crippen LogP contribution in [0.1, 0.15) is 0 Å². The molecule has 0 aliphatic rings. The van der Waals surface area contributed by atoms with E-state index in [0.29, 0.717) is 24.5 Å². The first-order chi connectivity index (χ1) is 8.45. The molecule has 1 aromatic carbocycles. The highest BCUT2D eigenvalue weighted by atomic mass is 32.2. The molecule has 0 atom stereocenters. The molecule has 0 unspecified atom stereocenters. The van der Waals surface area contributed by atoms with Crippen molar-refractivity contribution in [3.05, 3.63) is 18.2 Å². The maximum atomic E-state index is 11.2. The Hall–Kier alpha value is -1.35. The Morgan fingerprint density at radius 1 is 1.33 bits per heavy atom. The van der Waals surface area contributed by atoms with Gasteiger partial charge in [-0.1, -0.05) is 0 Å². The first-order valence-electron chi connectivity index (χ1n) is 5.30. The predicted octanol–water partition coefficient (Wildman–Crippen LogP) is -0.663. The number of nitrogens with two attached hydrogens (primary N) is 2. The fraction of sp³-hybridized carbons (Fsp3) is 0.400. The SMILES string of the molecule is Nc1ccc(S(N)(=O)=O)cc1NCCOCCO. The highest BCUT2D eigenvalue weighted by Gasteiger charge is 2.09. The predicted molar refractivity (Wildman–Crippen MR) is 68.6 cm³/mol. The van der Waals surface area contributed by atoms with Crippen LogP contribution in [0, 0.1) is 0 Å². The summed E-state index contributed by atoms with van der Waals surface area (Å²) in [6.45, 7) is 1.04. The third kappa shape index (κ3) is 4.49. The molecule has 6 N–H and O–H groups in total. The average molecular weight is 275 g/mol.